The van der Waals surface area contributed by atoms with E-state index in [4.69, 9.17) is 4.74 Å². The Morgan fingerprint density at radius 3 is 2.05 bits per heavy atom. The van der Waals surface area contributed by atoms with Gasteiger partial charge < -0.3 is 4.74 Å². The lowest BCUT2D eigenvalue weighted by molar-refractivity contribution is -0.0891. The second kappa shape index (κ2) is 11.4. The van der Waals surface area contributed by atoms with E-state index in [0.29, 0.717) is 5.92 Å². The first-order valence-corrected chi connectivity index (χ1v) is 8.87. The molecule has 0 saturated carbocycles. The molecule has 0 bridgehead atoms. The van der Waals surface area contributed by atoms with Gasteiger partial charge in [-0.15, -0.1) is 6.58 Å². The minimum Gasteiger partial charge on any atom is -0.368 e. The fourth-order valence-corrected chi connectivity index (χ4v) is 3.23. The molecule has 0 aromatic carbocycles. The van der Waals surface area contributed by atoms with Gasteiger partial charge in [-0.05, 0) is 32.6 Å². The van der Waals surface area contributed by atoms with Crippen molar-refractivity contribution in [3.8, 4) is 0 Å². The lowest BCUT2D eigenvalue weighted by Gasteiger charge is -2.39. The van der Waals surface area contributed by atoms with Crippen molar-refractivity contribution in [2.45, 2.75) is 104 Å². The van der Waals surface area contributed by atoms with Crippen molar-refractivity contribution in [1.82, 2.24) is 0 Å². The summed E-state index contributed by atoms with van der Waals surface area (Å²) >= 11 is 0. The zero-order valence-electron chi connectivity index (χ0n) is 14.7. The maximum absolute atomic E-state index is 6.27. The maximum atomic E-state index is 6.27. The Morgan fingerprint density at radius 2 is 1.60 bits per heavy atom. The van der Waals surface area contributed by atoms with Gasteiger partial charge in [-0.25, -0.2) is 0 Å². The van der Waals surface area contributed by atoms with Crippen LogP contribution >= 0.6 is 0 Å². The van der Waals surface area contributed by atoms with Gasteiger partial charge in [-0.1, -0.05) is 71.8 Å². The van der Waals surface area contributed by atoms with Crippen molar-refractivity contribution in [1.29, 1.82) is 0 Å². The minimum absolute atomic E-state index is 0.119. The van der Waals surface area contributed by atoms with Crippen molar-refractivity contribution in [2.24, 2.45) is 5.92 Å². The van der Waals surface area contributed by atoms with E-state index in [9.17, 15) is 0 Å². The third-order valence-electron chi connectivity index (χ3n) is 4.44. The highest BCUT2D eigenvalue weighted by molar-refractivity contribution is 5.01. The van der Waals surface area contributed by atoms with Gasteiger partial charge in [0.2, 0.25) is 0 Å². The molecule has 1 nitrogen and oxygen atoms in total. The molecule has 0 amide bonds. The second-order valence-electron chi connectivity index (χ2n) is 6.34. The van der Waals surface area contributed by atoms with Crippen LogP contribution in [0.5, 0.6) is 0 Å². The Labute approximate surface area is 128 Å². The Hall–Kier alpha value is -0.300. The summed E-state index contributed by atoms with van der Waals surface area (Å²) in [5, 5.41) is 0. The summed E-state index contributed by atoms with van der Waals surface area (Å²) in [6.45, 7) is 15.1. The molecule has 0 heterocycles. The highest BCUT2D eigenvalue weighted by Crippen LogP contribution is 2.35. The van der Waals surface area contributed by atoms with Gasteiger partial charge in [0.15, 0.2) is 0 Å². The van der Waals surface area contributed by atoms with Gasteiger partial charge >= 0.3 is 0 Å². The van der Waals surface area contributed by atoms with Crippen LogP contribution in [-0.2, 0) is 4.74 Å². The average molecular weight is 283 g/mol. The van der Waals surface area contributed by atoms with E-state index in [1.165, 1.54) is 51.4 Å². The molecule has 0 aliphatic carbocycles. The van der Waals surface area contributed by atoms with Crippen molar-refractivity contribution in [3.05, 3.63) is 12.7 Å². The Bertz CT molecular complexity index is 234. The molecule has 0 N–H and O–H groups in total. The van der Waals surface area contributed by atoms with Crippen molar-refractivity contribution in [3.63, 3.8) is 0 Å². The number of unbranched alkanes of at least 4 members (excludes halogenated alkanes) is 5. The normalized spacial score (nSPS) is 16.1. The number of ether oxygens (including phenoxy) is 1. The standard InChI is InChI=1S/C19H38O/c1-7-11-12-13-14-15-16-18(8-2)19(9-3,10-4)20-17(5)6/h9,17-18H,3,7-8,10-16H2,1-2,4-6H3. The van der Waals surface area contributed by atoms with E-state index < -0.39 is 0 Å². The number of rotatable bonds is 13. The largest absolute Gasteiger partial charge is 0.368 e. The smallest absolute Gasteiger partial charge is 0.0888 e. The Balaban J connectivity index is 4.33. The Kier molecular flexibility index (Phi) is 11.2. The first-order valence-electron chi connectivity index (χ1n) is 8.87. The molecular weight excluding hydrogens is 244 g/mol. The molecule has 0 aromatic rings. The molecule has 2 unspecified atom stereocenters. The zero-order valence-corrected chi connectivity index (χ0v) is 14.7. The van der Waals surface area contributed by atoms with Gasteiger partial charge in [-0.3, -0.25) is 0 Å². The predicted molar refractivity (Wildman–Crippen MR) is 91.2 cm³/mol. The third kappa shape index (κ3) is 6.92. The molecule has 120 valence electrons. The van der Waals surface area contributed by atoms with Gasteiger partial charge in [-0.2, -0.15) is 0 Å². The van der Waals surface area contributed by atoms with Crippen LogP contribution in [0.1, 0.15) is 92.4 Å². The molecule has 0 aliphatic rings. The minimum atomic E-state index is -0.119. The van der Waals surface area contributed by atoms with Crippen LogP contribution in [0.4, 0.5) is 0 Å². The van der Waals surface area contributed by atoms with Gasteiger partial charge in [0.25, 0.3) is 0 Å². The van der Waals surface area contributed by atoms with E-state index >= 15 is 0 Å². The van der Waals surface area contributed by atoms with Crippen LogP contribution < -0.4 is 0 Å². The van der Waals surface area contributed by atoms with E-state index in [1.54, 1.807) is 0 Å². The molecule has 0 rings (SSSR count). The van der Waals surface area contributed by atoms with Gasteiger partial charge in [0.05, 0.1) is 11.7 Å². The molecule has 1 heteroatoms. The van der Waals surface area contributed by atoms with Crippen molar-refractivity contribution in [2.75, 3.05) is 0 Å². The lowest BCUT2D eigenvalue weighted by Crippen LogP contribution is -2.40. The number of hydrogen-bond acceptors (Lipinski definition) is 1. The van der Waals surface area contributed by atoms with E-state index in [2.05, 4.69) is 47.3 Å². The summed E-state index contributed by atoms with van der Waals surface area (Å²) in [6, 6.07) is 0. The molecule has 0 saturated heterocycles. The molecule has 20 heavy (non-hydrogen) atoms. The fraction of sp³-hybridized carbons (Fsp3) is 0.895. The van der Waals surface area contributed by atoms with Gasteiger partial charge in [0, 0.05) is 0 Å². The SMILES string of the molecule is C=CC(CC)(OC(C)C)C(CC)CCCCCCCC. The van der Waals surface area contributed by atoms with E-state index in [-0.39, 0.29) is 11.7 Å². The molecule has 0 radical (unpaired) electrons. The van der Waals surface area contributed by atoms with Crippen molar-refractivity contribution < 1.29 is 4.74 Å². The van der Waals surface area contributed by atoms with Crippen LogP contribution in [0.25, 0.3) is 0 Å². The molecule has 2 atom stereocenters. The second-order valence-corrected chi connectivity index (χ2v) is 6.34. The fourth-order valence-electron chi connectivity index (χ4n) is 3.23. The summed E-state index contributed by atoms with van der Waals surface area (Å²) in [7, 11) is 0. The summed E-state index contributed by atoms with van der Waals surface area (Å²) in [4.78, 5) is 0. The highest BCUT2D eigenvalue weighted by atomic mass is 16.5. The van der Waals surface area contributed by atoms with E-state index in [0.717, 1.165) is 6.42 Å². The molecule has 0 aromatic heterocycles. The molecular formula is C19H38O. The monoisotopic (exact) mass is 282 g/mol. The van der Waals surface area contributed by atoms with Gasteiger partial charge in [0.1, 0.15) is 0 Å². The summed E-state index contributed by atoms with van der Waals surface area (Å²) < 4.78 is 6.27. The highest BCUT2D eigenvalue weighted by Gasteiger charge is 2.34. The molecule has 0 spiro atoms. The van der Waals surface area contributed by atoms with E-state index in [1.807, 2.05) is 0 Å². The van der Waals surface area contributed by atoms with Crippen LogP contribution in [-0.4, -0.2) is 11.7 Å². The topological polar surface area (TPSA) is 9.23 Å². The zero-order chi connectivity index (χ0) is 15.4. The third-order valence-corrected chi connectivity index (χ3v) is 4.44. The summed E-state index contributed by atoms with van der Waals surface area (Å²) in [5.41, 5.74) is -0.119. The summed E-state index contributed by atoms with van der Waals surface area (Å²) in [5.74, 6) is 0.610. The first kappa shape index (κ1) is 19.7. The lowest BCUT2D eigenvalue weighted by atomic mass is 9.79. The molecule has 0 fully saturated rings. The Morgan fingerprint density at radius 1 is 1.00 bits per heavy atom. The number of hydrogen-bond donors (Lipinski definition) is 0. The van der Waals surface area contributed by atoms with Crippen LogP contribution in [0.15, 0.2) is 12.7 Å². The van der Waals surface area contributed by atoms with Crippen LogP contribution in [0.2, 0.25) is 0 Å². The predicted octanol–water partition coefficient (Wildman–Crippen LogP) is 6.52. The maximum Gasteiger partial charge on any atom is 0.0888 e. The quantitative estimate of drug-likeness (QED) is 0.276. The summed E-state index contributed by atoms with van der Waals surface area (Å²) in [6.07, 6.45) is 14.0. The average Bonchev–Trinajstić information content (AvgIpc) is 2.44. The van der Waals surface area contributed by atoms with Crippen LogP contribution in [0.3, 0.4) is 0 Å². The first-order chi connectivity index (χ1) is 9.56. The molecule has 0 aliphatic heterocycles. The van der Waals surface area contributed by atoms with Crippen LogP contribution in [0, 0.1) is 5.92 Å². The van der Waals surface area contributed by atoms with Crippen molar-refractivity contribution >= 4 is 0 Å².